The van der Waals surface area contributed by atoms with Crippen LogP contribution < -0.4 is 10.1 Å². The lowest BCUT2D eigenvalue weighted by Gasteiger charge is -2.16. The molecule has 0 bridgehead atoms. The summed E-state index contributed by atoms with van der Waals surface area (Å²) in [5, 5.41) is 3.19. The van der Waals surface area contributed by atoms with Crippen LogP contribution in [0.2, 0.25) is 0 Å². The number of hydrogen-bond donors (Lipinski definition) is 1. The van der Waals surface area contributed by atoms with Gasteiger partial charge in [0.25, 0.3) is 0 Å². The Morgan fingerprint density at radius 3 is 2.40 bits per heavy atom. The predicted octanol–water partition coefficient (Wildman–Crippen LogP) is 1.73. The standard InChI is InChI=1S/C11H17NO3/c1-13-10-7-5-4-6-9(10)12-8-11(14-2)15-3/h4-7,11-12H,8H2,1-3H3. The summed E-state index contributed by atoms with van der Waals surface area (Å²) in [4.78, 5) is 0. The van der Waals surface area contributed by atoms with Gasteiger partial charge in [-0.2, -0.15) is 0 Å². The molecule has 0 amide bonds. The number of hydrogen-bond acceptors (Lipinski definition) is 4. The first-order valence-corrected chi connectivity index (χ1v) is 4.74. The van der Waals surface area contributed by atoms with Crippen LogP contribution in [0.1, 0.15) is 0 Å². The van der Waals surface area contributed by atoms with Gasteiger partial charge in [-0.3, -0.25) is 0 Å². The molecule has 4 heteroatoms. The molecule has 0 aromatic heterocycles. The van der Waals surface area contributed by atoms with Gasteiger partial charge >= 0.3 is 0 Å². The van der Waals surface area contributed by atoms with Gasteiger partial charge < -0.3 is 19.5 Å². The third-order valence-electron chi connectivity index (χ3n) is 2.09. The number of anilines is 1. The van der Waals surface area contributed by atoms with Crippen molar-refractivity contribution in [2.24, 2.45) is 0 Å². The second-order valence-electron chi connectivity index (χ2n) is 2.98. The molecule has 0 heterocycles. The molecule has 0 saturated heterocycles. The monoisotopic (exact) mass is 211 g/mol. The maximum absolute atomic E-state index is 5.20. The summed E-state index contributed by atoms with van der Waals surface area (Å²) < 4.78 is 15.3. The van der Waals surface area contributed by atoms with Crippen molar-refractivity contribution in [3.05, 3.63) is 24.3 Å². The van der Waals surface area contributed by atoms with Crippen molar-refractivity contribution >= 4 is 5.69 Å². The van der Waals surface area contributed by atoms with E-state index >= 15 is 0 Å². The van der Waals surface area contributed by atoms with Crippen LogP contribution in [0.5, 0.6) is 5.75 Å². The number of methoxy groups -OCH3 is 3. The molecule has 0 fully saturated rings. The Balaban J connectivity index is 2.56. The van der Waals surface area contributed by atoms with Crippen LogP contribution in [0.4, 0.5) is 5.69 Å². The molecule has 1 N–H and O–H groups in total. The van der Waals surface area contributed by atoms with Gasteiger partial charge in [0, 0.05) is 14.2 Å². The summed E-state index contributed by atoms with van der Waals surface area (Å²) in [6.45, 7) is 0.577. The molecule has 1 aromatic carbocycles. The fraction of sp³-hybridized carbons (Fsp3) is 0.455. The van der Waals surface area contributed by atoms with Gasteiger partial charge in [0.15, 0.2) is 6.29 Å². The molecule has 0 unspecified atom stereocenters. The zero-order valence-corrected chi connectivity index (χ0v) is 9.32. The van der Waals surface area contributed by atoms with Crippen molar-refractivity contribution in [3.63, 3.8) is 0 Å². The van der Waals surface area contributed by atoms with Gasteiger partial charge in [-0.05, 0) is 12.1 Å². The Hall–Kier alpha value is -1.26. The van der Waals surface area contributed by atoms with Crippen LogP contribution in [0.15, 0.2) is 24.3 Å². The highest BCUT2D eigenvalue weighted by Gasteiger charge is 2.06. The molecule has 0 saturated carbocycles. The zero-order valence-electron chi connectivity index (χ0n) is 9.32. The number of nitrogens with one attached hydrogen (secondary N) is 1. The third kappa shape index (κ3) is 3.42. The van der Waals surface area contributed by atoms with E-state index in [1.54, 1.807) is 21.3 Å². The lowest BCUT2D eigenvalue weighted by atomic mass is 10.3. The first kappa shape index (κ1) is 11.8. The van der Waals surface area contributed by atoms with Gasteiger partial charge in [-0.25, -0.2) is 0 Å². The van der Waals surface area contributed by atoms with Crippen molar-refractivity contribution in [1.29, 1.82) is 0 Å². The minimum atomic E-state index is -0.255. The molecule has 84 valence electrons. The molecule has 15 heavy (non-hydrogen) atoms. The van der Waals surface area contributed by atoms with E-state index in [0.29, 0.717) is 6.54 Å². The smallest absolute Gasteiger partial charge is 0.173 e. The normalized spacial score (nSPS) is 10.4. The Bertz CT molecular complexity index is 287. The molecule has 0 radical (unpaired) electrons. The lowest BCUT2D eigenvalue weighted by molar-refractivity contribution is -0.0914. The number of benzene rings is 1. The van der Waals surface area contributed by atoms with E-state index in [1.165, 1.54) is 0 Å². The van der Waals surface area contributed by atoms with Crippen LogP contribution >= 0.6 is 0 Å². The average molecular weight is 211 g/mol. The maximum atomic E-state index is 5.20. The summed E-state index contributed by atoms with van der Waals surface area (Å²) in [6.07, 6.45) is -0.255. The molecule has 0 aliphatic rings. The lowest BCUT2D eigenvalue weighted by Crippen LogP contribution is -2.23. The highest BCUT2D eigenvalue weighted by molar-refractivity contribution is 5.56. The van der Waals surface area contributed by atoms with Gasteiger partial charge in [0.05, 0.1) is 19.3 Å². The Labute approximate surface area is 90.1 Å². The molecule has 0 atom stereocenters. The average Bonchev–Trinajstić information content (AvgIpc) is 2.31. The number of para-hydroxylation sites is 2. The zero-order chi connectivity index (χ0) is 11.1. The van der Waals surface area contributed by atoms with E-state index in [4.69, 9.17) is 14.2 Å². The van der Waals surface area contributed by atoms with E-state index < -0.39 is 0 Å². The molecule has 0 spiro atoms. The van der Waals surface area contributed by atoms with Crippen molar-refractivity contribution in [2.75, 3.05) is 33.2 Å². The van der Waals surface area contributed by atoms with E-state index in [1.807, 2.05) is 24.3 Å². The fourth-order valence-electron chi connectivity index (χ4n) is 1.25. The van der Waals surface area contributed by atoms with Gasteiger partial charge in [-0.1, -0.05) is 12.1 Å². The minimum Gasteiger partial charge on any atom is -0.495 e. The van der Waals surface area contributed by atoms with E-state index in [0.717, 1.165) is 11.4 Å². The molecule has 1 rings (SSSR count). The van der Waals surface area contributed by atoms with Crippen LogP contribution in [0.3, 0.4) is 0 Å². The van der Waals surface area contributed by atoms with Gasteiger partial charge in [0.1, 0.15) is 5.75 Å². The topological polar surface area (TPSA) is 39.7 Å². The van der Waals surface area contributed by atoms with Gasteiger partial charge in [-0.15, -0.1) is 0 Å². The Kier molecular flexibility index (Phi) is 4.93. The summed E-state index contributed by atoms with van der Waals surface area (Å²) in [6, 6.07) is 7.71. The second-order valence-corrected chi connectivity index (χ2v) is 2.98. The quantitative estimate of drug-likeness (QED) is 0.727. The number of ether oxygens (including phenoxy) is 3. The highest BCUT2D eigenvalue weighted by Crippen LogP contribution is 2.22. The van der Waals surface area contributed by atoms with Crippen LogP contribution in [-0.4, -0.2) is 34.2 Å². The Morgan fingerprint density at radius 1 is 1.13 bits per heavy atom. The SMILES string of the molecule is COc1ccccc1NCC(OC)OC. The molecule has 4 nitrogen and oxygen atoms in total. The summed E-state index contributed by atoms with van der Waals surface area (Å²) >= 11 is 0. The van der Waals surface area contributed by atoms with E-state index in [2.05, 4.69) is 5.32 Å². The molecular formula is C11H17NO3. The summed E-state index contributed by atoms with van der Waals surface area (Å²) in [5.74, 6) is 0.809. The second kappa shape index (κ2) is 6.27. The van der Waals surface area contributed by atoms with Crippen molar-refractivity contribution in [1.82, 2.24) is 0 Å². The molecule has 0 aliphatic carbocycles. The van der Waals surface area contributed by atoms with E-state index in [9.17, 15) is 0 Å². The first-order chi connectivity index (χ1) is 7.31. The van der Waals surface area contributed by atoms with E-state index in [-0.39, 0.29) is 6.29 Å². The number of rotatable bonds is 6. The predicted molar refractivity (Wildman–Crippen MR) is 59.3 cm³/mol. The van der Waals surface area contributed by atoms with Crippen molar-refractivity contribution < 1.29 is 14.2 Å². The van der Waals surface area contributed by atoms with Crippen LogP contribution in [-0.2, 0) is 9.47 Å². The van der Waals surface area contributed by atoms with Crippen molar-refractivity contribution in [3.8, 4) is 5.75 Å². The first-order valence-electron chi connectivity index (χ1n) is 4.74. The fourth-order valence-corrected chi connectivity index (χ4v) is 1.25. The third-order valence-corrected chi connectivity index (χ3v) is 2.09. The summed E-state index contributed by atoms with van der Waals surface area (Å²) in [5.41, 5.74) is 0.930. The largest absolute Gasteiger partial charge is 0.495 e. The van der Waals surface area contributed by atoms with Gasteiger partial charge in [0.2, 0.25) is 0 Å². The van der Waals surface area contributed by atoms with Crippen LogP contribution in [0.25, 0.3) is 0 Å². The van der Waals surface area contributed by atoms with Crippen molar-refractivity contribution in [2.45, 2.75) is 6.29 Å². The molecular weight excluding hydrogens is 194 g/mol. The maximum Gasteiger partial charge on any atom is 0.173 e. The summed E-state index contributed by atoms with van der Waals surface area (Å²) in [7, 11) is 4.86. The van der Waals surface area contributed by atoms with Crippen LogP contribution in [0, 0.1) is 0 Å². The Morgan fingerprint density at radius 2 is 1.80 bits per heavy atom. The molecule has 1 aromatic rings. The molecule has 0 aliphatic heterocycles. The highest BCUT2D eigenvalue weighted by atomic mass is 16.7. The minimum absolute atomic E-state index is 0.255.